The second kappa shape index (κ2) is 8.56. The molecule has 0 atom stereocenters. The van der Waals surface area contributed by atoms with E-state index in [0.29, 0.717) is 49.1 Å². The van der Waals surface area contributed by atoms with E-state index in [4.69, 9.17) is 9.15 Å². The standard InChI is InChI=1S/C22H21N5O4S/c1-30-17-6-4-15(5-7-17)20-24-27-19(28)13-16(23-22(27)32-20)14-25-8-10-26(11-9-25)21(29)18-3-2-12-31-18/h2-7,12-13H,8-11,14H2,1H3. The van der Waals surface area contributed by atoms with Gasteiger partial charge in [0.15, 0.2) is 5.76 Å². The first kappa shape index (κ1) is 20.4. The molecular weight excluding hydrogens is 430 g/mol. The molecule has 0 radical (unpaired) electrons. The minimum Gasteiger partial charge on any atom is -0.497 e. The number of hydrogen-bond acceptors (Lipinski definition) is 8. The number of methoxy groups -OCH3 is 1. The molecule has 1 fully saturated rings. The van der Waals surface area contributed by atoms with Crippen molar-refractivity contribution in [2.45, 2.75) is 6.54 Å². The number of aromatic nitrogens is 3. The molecule has 1 aromatic carbocycles. The van der Waals surface area contributed by atoms with E-state index in [9.17, 15) is 9.59 Å². The van der Waals surface area contributed by atoms with E-state index in [1.807, 2.05) is 24.3 Å². The second-order valence-electron chi connectivity index (χ2n) is 7.46. The van der Waals surface area contributed by atoms with E-state index >= 15 is 0 Å². The Balaban J connectivity index is 1.29. The Morgan fingerprint density at radius 3 is 2.62 bits per heavy atom. The third-order valence-electron chi connectivity index (χ3n) is 5.41. The molecule has 1 aliphatic heterocycles. The Bertz CT molecular complexity index is 1290. The summed E-state index contributed by atoms with van der Waals surface area (Å²) in [6.45, 7) is 3.15. The SMILES string of the molecule is COc1ccc(-c2nn3c(=O)cc(CN4CCN(C(=O)c5ccco5)CC4)nc3s2)cc1. The summed E-state index contributed by atoms with van der Waals surface area (Å²) in [5, 5.41) is 5.15. The zero-order valence-corrected chi connectivity index (χ0v) is 18.2. The van der Waals surface area contributed by atoms with Gasteiger partial charge in [0.25, 0.3) is 11.5 Å². The lowest BCUT2D eigenvalue weighted by Crippen LogP contribution is -2.48. The molecule has 32 heavy (non-hydrogen) atoms. The number of amides is 1. The van der Waals surface area contributed by atoms with Crippen molar-refractivity contribution in [2.24, 2.45) is 0 Å². The molecule has 5 rings (SSSR count). The van der Waals surface area contributed by atoms with Gasteiger partial charge in [-0.05, 0) is 36.4 Å². The number of rotatable bonds is 5. The minimum absolute atomic E-state index is 0.0943. The van der Waals surface area contributed by atoms with Gasteiger partial charge in [-0.1, -0.05) is 11.3 Å². The molecule has 1 aliphatic rings. The van der Waals surface area contributed by atoms with Crippen LogP contribution in [-0.2, 0) is 6.54 Å². The van der Waals surface area contributed by atoms with E-state index in [1.54, 1.807) is 24.1 Å². The molecule has 0 aliphatic carbocycles. The summed E-state index contributed by atoms with van der Waals surface area (Å²) in [6.07, 6.45) is 1.50. The summed E-state index contributed by atoms with van der Waals surface area (Å²) < 4.78 is 11.7. The molecule has 9 nitrogen and oxygen atoms in total. The molecule has 0 N–H and O–H groups in total. The lowest BCUT2D eigenvalue weighted by molar-refractivity contribution is 0.0596. The van der Waals surface area contributed by atoms with Crippen LogP contribution in [-0.4, -0.2) is 63.6 Å². The van der Waals surface area contributed by atoms with Crippen molar-refractivity contribution >= 4 is 22.2 Å². The normalized spacial score (nSPS) is 14.7. The summed E-state index contributed by atoms with van der Waals surface area (Å²) in [5.41, 5.74) is 1.40. The van der Waals surface area contributed by atoms with Crippen molar-refractivity contribution in [3.63, 3.8) is 0 Å². The van der Waals surface area contributed by atoms with Crippen LogP contribution in [0.25, 0.3) is 15.5 Å². The van der Waals surface area contributed by atoms with E-state index in [-0.39, 0.29) is 11.5 Å². The molecule has 4 heterocycles. The molecule has 0 unspecified atom stereocenters. The molecular formula is C22H21N5O4S. The van der Waals surface area contributed by atoms with Crippen LogP contribution in [0.3, 0.4) is 0 Å². The van der Waals surface area contributed by atoms with Gasteiger partial charge in [0.1, 0.15) is 10.8 Å². The predicted molar refractivity (Wildman–Crippen MR) is 119 cm³/mol. The highest BCUT2D eigenvalue weighted by Crippen LogP contribution is 2.26. The molecule has 0 bridgehead atoms. The molecule has 164 valence electrons. The van der Waals surface area contributed by atoms with Gasteiger partial charge in [0.2, 0.25) is 4.96 Å². The Hall–Kier alpha value is -3.50. The quantitative estimate of drug-likeness (QED) is 0.460. The van der Waals surface area contributed by atoms with Gasteiger partial charge < -0.3 is 14.1 Å². The number of hydrogen-bond donors (Lipinski definition) is 0. The summed E-state index contributed by atoms with van der Waals surface area (Å²) in [4.78, 5) is 34.2. The van der Waals surface area contributed by atoms with E-state index in [2.05, 4.69) is 15.0 Å². The monoisotopic (exact) mass is 451 g/mol. The van der Waals surface area contributed by atoms with Crippen LogP contribution < -0.4 is 10.3 Å². The van der Waals surface area contributed by atoms with Crippen LogP contribution in [0, 0.1) is 0 Å². The number of furan rings is 1. The second-order valence-corrected chi connectivity index (χ2v) is 8.42. The van der Waals surface area contributed by atoms with Crippen molar-refractivity contribution in [2.75, 3.05) is 33.3 Å². The summed E-state index contributed by atoms with van der Waals surface area (Å²) in [5.74, 6) is 1.03. The molecule has 0 saturated carbocycles. The molecule has 1 amide bonds. The Morgan fingerprint density at radius 1 is 1.16 bits per heavy atom. The van der Waals surface area contributed by atoms with Gasteiger partial charge in [-0.15, -0.1) is 0 Å². The maximum Gasteiger partial charge on any atom is 0.289 e. The van der Waals surface area contributed by atoms with Crippen molar-refractivity contribution in [3.05, 3.63) is 70.5 Å². The van der Waals surface area contributed by atoms with Crippen molar-refractivity contribution in [3.8, 4) is 16.3 Å². The summed E-state index contributed by atoms with van der Waals surface area (Å²) in [7, 11) is 1.62. The highest BCUT2D eigenvalue weighted by atomic mass is 32.1. The van der Waals surface area contributed by atoms with Gasteiger partial charge in [-0.2, -0.15) is 9.61 Å². The van der Waals surface area contributed by atoms with Crippen LogP contribution in [0.5, 0.6) is 5.75 Å². The van der Waals surface area contributed by atoms with Gasteiger partial charge in [0.05, 0.1) is 19.1 Å². The van der Waals surface area contributed by atoms with Gasteiger partial charge in [-0.3, -0.25) is 14.5 Å². The fourth-order valence-corrected chi connectivity index (χ4v) is 4.61. The topological polar surface area (TPSA) is 93.2 Å². The highest BCUT2D eigenvalue weighted by Gasteiger charge is 2.24. The third kappa shape index (κ3) is 4.02. The Kier molecular flexibility index (Phi) is 5.46. The number of ether oxygens (including phenoxy) is 1. The van der Waals surface area contributed by atoms with E-state index in [0.717, 1.165) is 16.3 Å². The van der Waals surface area contributed by atoms with Gasteiger partial charge in [0, 0.05) is 44.4 Å². The first-order valence-electron chi connectivity index (χ1n) is 10.2. The highest BCUT2D eigenvalue weighted by molar-refractivity contribution is 7.19. The van der Waals surface area contributed by atoms with Gasteiger partial charge in [-0.25, -0.2) is 4.98 Å². The molecule has 3 aromatic heterocycles. The van der Waals surface area contributed by atoms with Gasteiger partial charge >= 0.3 is 0 Å². The zero-order valence-electron chi connectivity index (χ0n) is 17.4. The van der Waals surface area contributed by atoms with Crippen molar-refractivity contribution in [1.29, 1.82) is 0 Å². The van der Waals surface area contributed by atoms with Crippen molar-refractivity contribution in [1.82, 2.24) is 24.4 Å². The van der Waals surface area contributed by atoms with Crippen LogP contribution in [0.4, 0.5) is 0 Å². The van der Waals surface area contributed by atoms with E-state index < -0.39 is 0 Å². The fraction of sp³-hybridized carbons (Fsp3) is 0.273. The smallest absolute Gasteiger partial charge is 0.289 e. The maximum absolute atomic E-state index is 12.6. The van der Waals surface area contributed by atoms with Crippen LogP contribution in [0.1, 0.15) is 16.2 Å². The molecule has 0 spiro atoms. The van der Waals surface area contributed by atoms with Crippen LogP contribution in [0.15, 0.2) is 57.9 Å². The first-order valence-corrected chi connectivity index (χ1v) is 11.0. The number of nitrogens with zero attached hydrogens (tertiary/aromatic N) is 5. The number of benzene rings is 1. The van der Waals surface area contributed by atoms with Crippen molar-refractivity contribution < 1.29 is 13.9 Å². The number of carbonyl (C=O) groups excluding carboxylic acids is 1. The first-order chi connectivity index (χ1) is 15.6. The number of fused-ring (bicyclic) bond motifs is 1. The summed E-state index contributed by atoms with van der Waals surface area (Å²) >= 11 is 1.38. The van der Waals surface area contributed by atoms with E-state index in [1.165, 1.54) is 28.2 Å². The lowest BCUT2D eigenvalue weighted by Gasteiger charge is -2.34. The molecule has 1 saturated heterocycles. The Labute approximate surface area is 187 Å². The predicted octanol–water partition coefficient (Wildman–Crippen LogP) is 2.38. The number of carbonyl (C=O) groups is 1. The molecule has 10 heteroatoms. The molecule has 4 aromatic rings. The fourth-order valence-electron chi connectivity index (χ4n) is 3.68. The average Bonchev–Trinajstić information content (AvgIpc) is 3.50. The average molecular weight is 452 g/mol. The van der Waals surface area contributed by atoms with Crippen LogP contribution in [0.2, 0.25) is 0 Å². The summed E-state index contributed by atoms with van der Waals surface area (Å²) in [6, 6.07) is 12.5. The zero-order chi connectivity index (χ0) is 22.1. The van der Waals surface area contributed by atoms with Crippen LogP contribution >= 0.6 is 11.3 Å². The minimum atomic E-state index is -0.201. The maximum atomic E-state index is 12.6. The Morgan fingerprint density at radius 2 is 1.94 bits per heavy atom. The number of piperazine rings is 1. The third-order valence-corrected chi connectivity index (χ3v) is 6.37. The largest absolute Gasteiger partial charge is 0.497 e. The lowest BCUT2D eigenvalue weighted by atomic mass is 10.2.